The van der Waals surface area contributed by atoms with Crippen molar-refractivity contribution in [2.24, 2.45) is 7.05 Å². The lowest BCUT2D eigenvalue weighted by atomic mass is 10.4. The Bertz CT molecular complexity index is 490. The van der Waals surface area contributed by atoms with Gasteiger partial charge < -0.3 is 9.67 Å². The van der Waals surface area contributed by atoms with Crippen LogP contribution in [0.25, 0.3) is 11.2 Å². The maximum atomic E-state index is 10.5. The van der Waals surface area contributed by atoms with Gasteiger partial charge >= 0.3 is 5.97 Å². The fraction of sp³-hybridized carbons (Fsp3) is 0.222. The van der Waals surface area contributed by atoms with Gasteiger partial charge in [0.25, 0.3) is 0 Å². The van der Waals surface area contributed by atoms with Crippen LogP contribution in [0.1, 0.15) is 5.82 Å². The molecule has 0 aliphatic rings. The predicted octanol–water partition coefficient (Wildman–Crippen LogP) is 0.595. The summed E-state index contributed by atoms with van der Waals surface area (Å²) in [5, 5.41) is 8.64. The number of carbonyl (C=O) groups is 1. The van der Waals surface area contributed by atoms with Gasteiger partial charge in [-0.05, 0) is 12.1 Å². The van der Waals surface area contributed by atoms with Gasteiger partial charge in [-0.1, -0.05) is 0 Å². The Hall–Kier alpha value is -1.91. The van der Waals surface area contributed by atoms with Crippen LogP contribution in [0.5, 0.6) is 0 Å². The second-order valence-corrected chi connectivity index (χ2v) is 3.00. The number of aromatic nitrogens is 3. The van der Waals surface area contributed by atoms with Crippen LogP contribution in [-0.2, 0) is 18.3 Å². The molecule has 2 rings (SSSR count). The van der Waals surface area contributed by atoms with Gasteiger partial charge in [0.15, 0.2) is 5.65 Å². The van der Waals surface area contributed by atoms with E-state index in [9.17, 15) is 4.79 Å². The van der Waals surface area contributed by atoms with E-state index in [1.165, 1.54) is 0 Å². The molecule has 14 heavy (non-hydrogen) atoms. The lowest BCUT2D eigenvalue weighted by Crippen LogP contribution is -2.06. The predicted molar refractivity (Wildman–Crippen MR) is 49.8 cm³/mol. The number of fused-ring (bicyclic) bond motifs is 1. The number of aliphatic carboxylic acids is 1. The van der Waals surface area contributed by atoms with Gasteiger partial charge in [0.05, 0.1) is 0 Å². The minimum absolute atomic E-state index is 0.0765. The number of imidazole rings is 1. The third-order valence-electron chi connectivity index (χ3n) is 2.03. The first-order valence-electron chi connectivity index (χ1n) is 4.16. The average molecular weight is 191 g/mol. The summed E-state index contributed by atoms with van der Waals surface area (Å²) in [4.78, 5) is 18.8. The van der Waals surface area contributed by atoms with Crippen molar-refractivity contribution in [3.05, 3.63) is 24.2 Å². The molecule has 0 fully saturated rings. The largest absolute Gasteiger partial charge is 0.481 e. The Balaban J connectivity index is 2.57. The zero-order valence-corrected chi connectivity index (χ0v) is 7.64. The summed E-state index contributed by atoms with van der Waals surface area (Å²) < 4.78 is 1.70. The molecule has 5 nitrogen and oxygen atoms in total. The summed E-state index contributed by atoms with van der Waals surface area (Å²) in [6.45, 7) is 0. The van der Waals surface area contributed by atoms with Crippen molar-refractivity contribution in [3.63, 3.8) is 0 Å². The second-order valence-electron chi connectivity index (χ2n) is 3.00. The van der Waals surface area contributed by atoms with E-state index in [2.05, 4.69) is 9.97 Å². The van der Waals surface area contributed by atoms with Gasteiger partial charge in [0.1, 0.15) is 17.8 Å². The number of rotatable bonds is 2. The van der Waals surface area contributed by atoms with Gasteiger partial charge in [-0.25, -0.2) is 9.97 Å². The molecule has 0 spiro atoms. The monoisotopic (exact) mass is 191 g/mol. The number of aryl methyl sites for hydroxylation is 1. The van der Waals surface area contributed by atoms with Crippen molar-refractivity contribution >= 4 is 17.1 Å². The lowest BCUT2D eigenvalue weighted by molar-refractivity contribution is -0.136. The Morgan fingerprint density at radius 1 is 1.64 bits per heavy atom. The third kappa shape index (κ3) is 1.32. The topological polar surface area (TPSA) is 68.0 Å². The molecule has 72 valence electrons. The SMILES string of the molecule is Cn1c(CC(=O)O)nc2cccnc21. The van der Waals surface area contributed by atoms with Crippen molar-refractivity contribution in [2.75, 3.05) is 0 Å². The van der Waals surface area contributed by atoms with Crippen LogP contribution < -0.4 is 0 Å². The quantitative estimate of drug-likeness (QED) is 0.754. The molecule has 0 aliphatic heterocycles. The van der Waals surface area contributed by atoms with Crippen LogP contribution >= 0.6 is 0 Å². The lowest BCUT2D eigenvalue weighted by Gasteiger charge is -1.96. The van der Waals surface area contributed by atoms with Gasteiger partial charge in [0, 0.05) is 13.2 Å². The van der Waals surface area contributed by atoms with E-state index in [0.717, 1.165) is 5.52 Å². The highest BCUT2D eigenvalue weighted by molar-refractivity contribution is 5.74. The highest BCUT2D eigenvalue weighted by Crippen LogP contribution is 2.11. The summed E-state index contributed by atoms with van der Waals surface area (Å²) >= 11 is 0. The number of pyridine rings is 1. The normalized spacial score (nSPS) is 10.6. The van der Waals surface area contributed by atoms with E-state index in [0.29, 0.717) is 11.5 Å². The molecule has 1 N–H and O–H groups in total. The van der Waals surface area contributed by atoms with Gasteiger partial charge in [-0.2, -0.15) is 0 Å². The van der Waals surface area contributed by atoms with Gasteiger partial charge in [-0.3, -0.25) is 4.79 Å². The molecule has 2 aromatic heterocycles. The van der Waals surface area contributed by atoms with Gasteiger partial charge in [-0.15, -0.1) is 0 Å². The number of carboxylic acid groups (broad SMARTS) is 1. The molecule has 0 unspecified atom stereocenters. The molecule has 0 saturated carbocycles. The minimum Gasteiger partial charge on any atom is -0.481 e. The standard InChI is InChI=1S/C9H9N3O2/c1-12-7(5-8(13)14)11-6-3-2-4-10-9(6)12/h2-4H,5H2,1H3,(H,13,14). The summed E-state index contributed by atoms with van der Waals surface area (Å²) in [7, 11) is 1.76. The van der Waals surface area contributed by atoms with Gasteiger partial charge in [0.2, 0.25) is 0 Å². The van der Waals surface area contributed by atoms with Crippen molar-refractivity contribution in [2.45, 2.75) is 6.42 Å². The molecule has 0 aromatic carbocycles. The van der Waals surface area contributed by atoms with E-state index < -0.39 is 5.97 Å². The fourth-order valence-electron chi connectivity index (χ4n) is 1.36. The van der Waals surface area contributed by atoms with Crippen LogP contribution in [0, 0.1) is 0 Å². The fourth-order valence-corrected chi connectivity index (χ4v) is 1.36. The molecule has 5 heteroatoms. The Morgan fingerprint density at radius 3 is 3.07 bits per heavy atom. The number of hydrogen-bond acceptors (Lipinski definition) is 3. The molecule has 0 bridgehead atoms. The zero-order valence-electron chi connectivity index (χ0n) is 7.64. The Morgan fingerprint density at radius 2 is 2.43 bits per heavy atom. The van der Waals surface area contributed by atoms with Crippen LogP contribution in [0.15, 0.2) is 18.3 Å². The smallest absolute Gasteiger partial charge is 0.311 e. The summed E-state index contributed by atoms with van der Waals surface area (Å²) in [5.41, 5.74) is 1.44. The van der Waals surface area contributed by atoms with Crippen molar-refractivity contribution in [1.82, 2.24) is 14.5 Å². The highest BCUT2D eigenvalue weighted by atomic mass is 16.4. The van der Waals surface area contributed by atoms with Crippen molar-refractivity contribution < 1.29 is 9.90 Å². The van der Waals surface area contributed by atoms with E-state index in [1.807, 2.05) is 6.07 Å². The number of hydrogen-bond donors (Lipinski definition) is 1. The molecule has 0 amide bonds. The maximum absolute atomic E-state index is 10.5. The highest BCUT2D eigenvalue weighted by Gasteiger charge is 2.10. The summed E-state index contributed by atoms with van der Waals surface area (Å²) in [6.07, 6.45) is 1.58. The van der Waals surface area contributed by atoms with Crippen LogP contribution in [0.4, 0.5) is 0 Å². The van der Waals surface area contributed by atoms with E-state index >= 15 is 0 Å². The minimum atomic E-state index is -0.886. The number of nitrogens with zero attached hydrogens (tertiary/aromatic N) is 3. The van der Waals surface area contributed by atoms with Crippen LogP contribution in [-0.4, -0.2) is 25.6 Å². The Kier molecular flexibility index (Phi) is 1.92. The zero-order chi connectivity index (χ0) is 10.1. The molecule has 2 heterocycles. The number of carboxylic acids is 1. The van der Waals surface area contributed by atoms with E-state index in [-0.39, 0.29) is 6.42 Å². The van der Waals surface area contributed by atoms with E-state index in [4.69, 9.17) is 5.11 Å². The molecular formula is C9H9N3O2. The first kappa shape index (κ1) is 8.68. The Labute approximate surface area is 80.0 Å². The molecule has 0 saturated heterocycles. The van der Waals surface area contributed by atoms with E-state index in [1.54, 1.807) is 23.9 Å². The third-order valence-corrected chi connectivity index (χ3v) is 2.03. The molecule has 0 aliphatic carbocycles. The van der Waals surface area contributed by atoms with Crippen LogP contribution in [0.3, 0.4) is 0 Å². The first-order chi connectivity index (χ1) is 6.68. The first-order valence-corrected chi connectivity index (χ1v) is 4.16. The van der Waals surface area contributed by atoms with Crippen molar-refractivity contribution in [1.29, 1.82) is 0 Å². The average Bonchev–Trinajstić information content (AvgIpc) is 2.44. The molecular weight excluding hydrogens is 182 g/mol. The molecule has 0 atom stereocenters. The molecule has 2 aromatic rings. The summed E-state index contributed by atoms with van der Waals surface area (Å²) in [6, 6.07) is 3.59. The van der Waals surface area contributed by atoms with Crippen LogP contribution in [0.2, 0.25) is 0 Å². The maximum Gasteiger partial charge on any atom is 0.311 e. The summed E-state index contributed by atoms with van der Waals surface area (Å²) in [5.74, 6) is -0.366. The second kappa shape index (κ2) is 3.10. The molecule has 0 radical (unpaired) electrons. The van der Waals surface area contributed by atoms with Crippen molar-refractivity contribution in [3.8, 4) is 0 Å².